The standard InChI is InChI=1S/C12H16N2/c1-14-9-3-6-11-4-2-5-12(10-11)7-8-13/h2,4-5,10,14H,7-9,13H2,1H3. The second-order valence-corrected chi connectivity index (χ2v) is 3.07. The minimum atomic E-state index is 0.688. The highest BCUT2D eigenvalue weighted by Gasteiger charge is 1.91. The first-order chi connectivity index (χ1) is 6.86. The average molecular weight is 188 g/mol. The fourth-order valence-electron chi connectivity index (χ4n) is 1.21. The molecule has 0 aliphatic heterocycles. The summed E-state index contributed by atoms with van der Waals surface area (Å²) >= 11 is 0. The summed E-state index contributed by atoms with van der Waals surface area (Å²) in [6, 6.07) is 8.21. The average Bonchev–Trinajstić information content (AvgIpc) is 2.19. The number of hydrogen-bond acceptors (Lipinski definition) is 2. The van der Waals surface area contributed by atoms with Crippen molar-refractivity contribution in [2.75, 3.05) is 20.1 Å². The summed E-state index contributed by atoms with van der Waals surface area (Å²) in [6.45, 7) is 1.41. The first-order valence-electron chi connectivity index (χ1n) is 4.79. The molecular weight excluding hydrogens is 172 g/mol. The van der Waals surface area contributed by atoms with E-state index in [0.29, 0.717) is 6.54 Å². The highest BCUT2D eigenvalue weighted by atomic mass is 14.8. The quantitative estimate of drug-likeness (QED) is 0.687. The van der Waals surface area contributed by atoms with Gasteiger partial charge in [0.1, 0.15) is 0 Å². The molecule has 1 rings (SSSR count). The van der Waals surface area contributed by atoms with E-state index in [1.165, 1.54) is 5.56 Å². The molecule has 14 heavy (non-hydrogen) atoms. The smallest absolute Gasteiger partial charge is 0.0577 e. The summed E-state index contributed by atoms with van der Waals surface area (Å²) in [5.74, 6) is 6.12. The molecule has 0 atom stereocenters. The zero-order valence-electron chi connectivity index (χ0n) is 8.51. The number of nitrogens with one attached hydrogen (secondary N) is 1. The van der Waals surface area contributed by atoms with Crippen LogP contribution in [-0.2, 0) is 6.42 Å². The molecule has 0 bridgehead atoms. The van der Waals surface area contributed by atoms with E-state index in [9.17, 15) is 0 Å². The largest absolute Gasteiger partial charge is 0.330 e. The van der Waals surface area contributed by atoms with Gasteiger partial charge in [0.2, 0.25) is 0 Å². The Morgan fingerprint density at radius 1 is 1.43 bits per heavy atom. The molecule has 0 heterocycles. The Balaban J connectivity index is 2.69. The van der Waals surface area contributed by atoms with Gasteiger partial charge in [-0.1, -0.05) is 24.0 Å². The Bertz CT molecular complexity index is 334. The summed E-state index contributed by atoms with van der Waals surface area (Å²) < 4.78 is 0. The van der Waals surface area contributed by atoms with E-state index in [-0.39, 0.29) is 0 Å². The van der Waals surface area contributed by atoms with Crippen LogP contribution in [0.2, 0.25) is 0 Å². The van der Waals surface area contributed by atoms with Crippen LogP contribution in [0.25, 0.3) is 0 Å². The number of benzene rings is 1. The van der Waals surface area contributed by atoms with Crippen LogP contribution in [0.5, 0.6) is 0 Å². The van der Waals surface area contributed by atoms with Crippen LogP contribution in [0.3, 0.4) is 0 Å². The number of rotatable bonds is 3. The molecule has 0 unspecified atom stereocenters. The number of nitrogens with two attached hydrogens (primary N) is 1. The molecule has 2 nitrogen and oxygen atoms in total. The Kier molecular flexibility index (Phi) is 4.77. The molecule has 0 radical (unpaired) electrons. The molecule has 0 fully saturated rings. The van der Waals surface area contributed by atoms with Gasteiger partial charge in [0.25, 0.3) is 0 Å². The van der Waals surface area contributed by atoms with Crippen LogP contribution < -0.4 is 11.1 Å². The van der Waals surface area contributed by atoms with Crippen LogP contribution in [-0.4, -0.2) is 20.1 Å². The first kappa shape index (κ1) is 10.8. The lowest BCUT2D eigenvalue weighted by Crippen LogP contribution is -2.04. The van der Waals surface area contributed by atoms with Gasteiger partial charge in [0, 0.05) is 5.56 Å². The molecule has 0 saturated heterocycles. The molecule has 1 aromatic rings. The van der Waals surface area contributed by atoms with Crippen molar-refractivity contribution >= 4 is 0 Å². The molecule has 74 valence electrons. The minimum absolute atomic E-state index is 0.688. The fourth-order valence-corrected chi connectivity index (χ4v) is 1.21. The van der Waals surface area contributed by atoms with Crippen LogP contribution >= 0.6 is 0 Å². The predicted molar refractivity (Wildman–Crippen MR) is 60.0 cm³/mol. The van der Waals surface area contributed by atoms with Gasteiger partial charge < -0.3 is 11.1 Å². The van der Waals surface area contributed by atoms with E-state index < -0.39 is 0 Å². The zero-order valence-corrected chi connectivity index (χ0v) is 8.51. The lowest BCUT2D eigenvalue weighted by atomic mass is 10.1. The van der Waals surface area contributed by atoms with Crippen molar-refractivity contribution in [1.29, 1.82) is 0 Å². The van der Waals surface area contributed by atoms with E-state index >= 15 is 0 Å². The van der Waals surface area contributed by atoms with Crippen molar-refractivity contribution in [3.63, 3.8) is 0 Å². The van der Waals surface area contributed by atoms with Gasteiger partial charge in [0.05, 0.1) is 6.54 Å². The van der Waals surface area contributed by atoms with E-state index in [0.717, 1.165) is 18.5 Å². The lowest BCUT2D eigenvalue weighted by molar-refractivity contribution is 0.938. The van der Waals surface area contributed by atoms with E-state index in [1.54, 1.807) is 0 Å². The van der Waals surface area contributed by atoms with Gasteiger partial charge in [-0.25, -0.2) is 0 Å². The lowest BCUT2D eigenvalue weighted by Gasteiger charge is -1.98. The Hall–Kier alpha value is -1.30. The van der Waals surface area contributed by atoms with Gasteiger partial charge in [-0.15, -0.1) is 0 Å². The fraction of sp³-hybridized carbons (Fsp3) is 0.333. The predicted octanol–water partition coefficient (Wildman–Crippen LogP) is 0.759. The summed E-state index contributed by atoms with van der Waals surface area (Å²) in [5, 5.41) is 2.98. The molecule has 0 saturated carbocycles. The SMILES string of the molecule is CNCC#Cc1cccc(CCN)c1. The van der Waals surface area contributed by atoms with E-state index in [2.05, 4.69) is 29.3 Å². The van der Waals surface area contributed by atoms with Crippen LogP contribution in [0.15, 0.2) is 24.3 Å². The third-order valence-corrected chi connectivity index (χ3v) is 1.86. The summed E-state index contributed by atoms with van der Waals surface area (Å²) in [5.41, 5.74) is 7.80. The highest BCUT2D eigenvalue weighted by molar-refractivity contribution is 5.37. The minimum Gasteiger partial charge on any atom is -0.330 e. The third kappa shape index (κ3) is 3.61. The van der Waals surface area contributed by atoms with Crippen molar-refractivity contribution in [2.45, 2.75) is 6.42 Å². The van der Waals surface area contributed by atoms with Crippen molar-refractivity contribution in [2.24, 2.45) is 5.73 Å². The molecular formula is C12H16N2. The molecule has 0 aromatic heterocycles. The highest BCUT2D eigenvalue weighted by Crippen LogP contribution is 2.03. The molecule has 0 aliphatic rings. The van der Waals surface area contributed by atoms with Crippen molar-refractivity contribution < 1.29 is 0 Å². The summed E-state index contributed by atoms with van der Waals surface area (Å²) in [7, 11) is 1.89. The Morgan fingerprint density at radius 3 is 3.00 bits per heavy atom. The normalized spacial score (nSPS) is 9.29. The van der Waals surface area contributed by atoms with E-state index in [1.807, 2.05) is 19.2 Å². The van der Waals surface area contributed by atoms with Gasteiger partial charge in [0.15, 0.2) is 0 Å². The van der Waals surface area contributed by atoms with Crippen molar-refractivity contribution in [3.05, 3.63) is 35.4 Å². The number of hydrogen-bond donors (Lipinski definition) is 2. The van der Waals surface area contributed by atoms with Gasteiger partial charge in [-0.3, -0.25) is 0 Å². The molecule has 2 heteroatoms. The molecule has 1 aromatic carbocycles. The van der Waals surface area contributed by atoms with Crippen LogP contribution in [0.1, 0.15) is 11.1 Å². The van der Waals surface area contributed by atoms with Crippen LogP contribution in [0.4, 0.5) is 0 Å². The van der Waals surface area contributed by atoms with Crippen LogP contribution in [0, 0.1) is 11.8 Å². The Morgan fingerprint density at radius 2 is 2.29 bits per heavy atom. The first-order valence-corrected chi connectivity index (χ1v) is 4.79. The topological polar surface area (TPSA) is 38.0 Å². The monoisotopic (exact) mass is 188 g/mol. The summed E-state index contributed by atoms with van der Waals surface area (Å²) in [4.78, 5) is 0. The van der Waals surface area contributed by atoms with Gasteiger partial charge >= 0.3 is 0 Å². The van der Waals surface area contributed by atoms with Gasteiger partial charge in [-0.05, 0) is 37.7 Å². The second-order valence-electron chi connectivity index (χ2n) is 3.07. The van der Waals surface area contributed by atoms with Gasteiger partial charge in [-0.2, -0.15) is 0 Å². The summed E-state index contributed by atoms with van der Waals surface area (Å²) in [6.07, 6.45) is 0.918. The maximum absolute atomic E-state index is 5.49. The second kappa shape index (κ2) is 6.20. The third-order valence-electron chi connectivity index (χ3n) is 1.86. The van der Waals surface area contributed by atoms with Crippen molar-refractivity contribution in [3.8, 4) is 11.8 Å². The maximum atomic E-state index is 5.49. The van der Waals surface area contributed by atoms with Crippen molar-refractivity contribution in [1.82, 2.24) is 5.32 Å². The molecule has 0 spiro atoms. The maximum Gasteiger partial charge on any atom is 0.0577 e. The molecule has 3 N–H and O–H groups in total. The van der Waals surface area contributed by atoms with E-state index in [4.69, 9.17) is 5.73 Å². The zero-order chi connectivity index (χ0) is 10.2. The Labute approximate surface area is 85.5 Å². The molecule has 0 aliphatic carbocycles. The molecule has 0 amide bonds.